The van der Waals surface area contributed by atoms with Crippen LogP contribution in [0.15, 0.2) is 30.6 Å². The average molecular weight is 242 g/mol. The summed E-state index contributed by atoms with van der Waals surface area (Å²) in [5, 5.41) is 8.67. The maximum Gasteiger partial charge on any atom is 0.147 e. The van der Waals surface area contributed by atoms with Crippen molar-refractivity contribution >= 4 is 5.82 Å². The minimum Gasteiger partial charge on any atom is -0.361 e. The minimum absolute atomic E-state index is 0.0236. The average Bonchev–Trinajstić information content (AvgIpc) is 2.38. The summed E-state index contributed by atoms with van der Waals surface area (Å²) in [6.45, 7) is 0. The molecule has 1 heterocycles. The monoisotopic (exact) mass is 242 g/mol. The first-order valence-electron chi connectivity index (χ1n) is 5.31. The lowest BCUT2D eigenvalue weighted by Gasteiger charge is -2.11. The van der Waals surface area contributed by atoms with E-state index in [1.54, 1.807) is 24.5 Å². The molecule has 2 aromatic rings. The third-order valence-electron chi connectivity index (χ3n) is 2.47. The highest BCUT2D eigenvalue weighted by molar-refractivity contribution is 5.61. The van der Waals surface area contributed by atoms with Gasteiger partial charge in [0.1, 0.15) is 17.7 Å². The van der Waals surface area contributed by atoms with E-state index in [-0.39, 0.29) is 5.56 Å². The molecule has 0 fully saturated rings. The van der Waals surface area contributed by atoms with Crippen LogP contribution in [0, 0.1) is 17.1 Å². The van der Waals surface area contributed by atoms with E-state index >= 15 is 0 Å². The Balaban J connectivity index is 2.46. The Morgan fingerprint density at radius 3 is 2.67 bits per heavy atom. The molecule has 0 radical (unpaired) electrons. The fourth-order valence-electron chi connectivity index (χ4n) is 1.48. The molecule has 2 rings (SSSR count). The van der Waals surface area contributed by atoms with E-state index in [2.05, 4.69) is 9.97 Å². The molecular weight excluding hydrogens is 231 g/mol. The number of anilines is 1. The van der Waals surface area contributed by atoms with Crippen molar-refractivity contribution in [2.24, 2.45) is 0 Å². The topological polar surface area (TPSA) is 52.8 Å². The van der Waals surface area contributed by atoms with Crippen molar-refractivity contribution in [2.45, 2.75) is 0 Å². The molecule has 0 aliphatic heterocycles. The summed E-state index contributed by atoms with van der Waals surface area (Å²) in [5.41, 5.74) is 1.20. The normalized spacial score (nSPS) is 9.89. The molecule has 0 saturated heterocycles. The number of hydrogen-bond acceptors (Lipinski definition) is 4. The van der Waals surface area contributed by atoms with E-state index < -0.39 is 5.82 Å². The predicted octanol–water partition coefficient (Wildman–Crippen LogP) is 2.22. The van der Waals surface area contributed by atoms with Gasteiger partial charge in [0.15, 0.2) is 0 Å². The minimum atomic E-state index is -0.549. The van der Waals surface area contributed by atoms with Crippen LogP contribution >= 0.6 is 0 Å². The molecule has 0 saturated carbocycles. The zero-order chi connectivity index (χ0) is 13.1. The lowest BCUT2D eigenvalue weighted by Crippen LogP contribution is -2.11. The Bertz CT molecular complexity index is 617. The fraction of sp³-hybridized carbons (Fsp3) is 0.154. The summed E-state index contributed by atoms with van der Waals surface area (Å²) in [6.07, 6.45) is 3.19. The Labute approximate surface area is 104 Å². The maximum absolute atomic E-state index is 13.5. The molecule has 4 nitrogen and oxygen atoms in total. The highest BCUT2D eigenvalue weighted by Crippen LogP contribution is 2.21. The molecule has 0 bridgehead atoms. The van der Waals surface area contributed by atoms with Gasteiger partial charge in [0.05, 0.1) is 23.7 Å². The van der Waals surface area contributed by atoms with Crippen LogP contribution < -0.4 is 4.90 Å². The quantitative estimate of drug-likeness (QED) is 0.810. The van der Waals surface area contributed by atoms with Crippen molar-refractivity contribution in [1.82, 2.24) is 9.97 Å². The van der Waals surface area contributed by atoms with Gasteiger partial charge < -0.3 is 4.90 Å². The molecule has 0 unspecified atom stereocenters. The molecule has 0 aliphatic carbocycles. The third kappa shape index (κ3) is 2.28. The Kier molecular flexibility index (Phi) is 3.20. The summed E-state index contributed by atoms with van der Waals surface area (Å²) in [6, 6.07) is 6.17. The second kappa shape index (κ2) is 4.80. The van der Waals surface area contributed by atoms with Gasteiger partial charge in [-0.05, 0) is 12.1 Å². The first kappa shape index (κ1) is 12.0. The third-order valence-corrected chi connectivity index (χ3v) is 2.47. The summed E-state index contributed by atoms with van der Waals surface area (Å²) in [5.74, 6) is 0.143. The van der Waals surface area contributed by atoms with Crippen LogP contribution in [0.2, 0.25) is 0 Å². The van der Waals surface area contributed by atoms with Crippen LogP contribution in [0.25, 0.3) is 11.3 Å². The Morgan fingerprint density at radius 2 is 2.06 bits per heavy atom. The second-order valence-corrected chi connectivity index (χ2v) is 3.96. The van der Waals surface area contributed by atoms with E-state index in [9.17, 15) is 4.39 Å². The Morgan fingerprint density at radius 1 is 1.28 bits per heavy atom. The number of halogens is 1. The number of aromatic nitrogens is 2. The molecular formula is C13H11FN4. The largest absolute Gasteiger partial charge is 0.361 e. The van der Waals surface area contributed by atoms with E-state index in [4.69, 9.17) is 5.26 Å². The van der Waals surface area contributed by atoms with Crippen molar-refractivity contribution in [3.8, 4) is 17.3 Å². The summed E-state index contributed by atoms with van der Waals surface area (Å²) in [7, 11) is 3.71. The number of benzene rings is 1. The number of nitrogens with zero attached hydrogens (tertiary/aromatic N) is 4. The first-order valence-corrected chi connectivity index (χ1v) is 5.31. The van der Waals surface area contributed by atoms with E-state index in [1.165, 1.54) is 12.1 Å². The van der Waals surface area contributed by atoms with Gasteiger partial charge in [-0.3, -0.25) is 4.98 Å². The number of nitriles is 1. The van der Waals surface area contributed by atoms with Crippen molar-refractivity contribution in [3.05, 3.63) is 42.0 Å². The SMILES string of the molecule is CN(C)c1cncc(-c2ccc(C#N)c(F)c2)n1. The van der Waals surface area contributed by atoms with Gasteiger partial charge in [-0.15, -0.1) is 0 Å². The van der Waals surface area contributed by atoms with Crippen LogP contribution in [0.1, 0.15) is 5.56 Å². The lowest BCUT2D eigenvalue weighted by atomic mass is 10.1. The zero-order valence-corrected chi connectivity index (χ0v) is 10.1. The van der Waals surface area contributed by atoms with Crippen molar-refractivity contribution < 1.29 is 4.39 Å². The van der Waals surface area contributed by atoms with Crippen molar-refractivity contribution in [1.29, 1.82) is 5.26 Å². The molecule has 5 heteroatoms. The van der Waals surface area contributed by atoms with Crippen LogP contribution in [0.5, 0.6) is 0 Å². The van der Waals surface area contributed by atoms with Gasteiger partial charge in [0, 0.05) is 19.7 Å². The van der Waals surface area contributed by atoms with Gasteiger partial charge in [-0.1, -0.05) is 6.07 Å². The van der Waals surface area contributed by atoms with Crippen molar-refractivity contribution in [3.63, 3.8) is 0 Å². The Hall–Kier alpha value is -2.48. The van der Waals surface area contributed by atoms with E-state index in [0.717, 1.165) is 0 Å². The molecule has 18 heavy (non-hydrogen) atoms. The standard InChI is InChI=1S/C13H11FN4/c1-18(2)13-8-16-7-12(17-13)9-3-4-10(6-15)11(14)5-9/h3-5,7-8H,1-2H3. The lowest BCUT2D eigenvalue weighted by molar-refractivity contribution is 0.624. The molecule has 0 spiro atoms. The maximum atomic E-state index is 13.5. The highest BCUT2D eigenvalue weighted by Gasteiger charge is 2.07. The highest BCUT2D eigenvalue weighted by atomic mass is 19.1. The molecule has 0 amide bonds. The van der Waals surface area contributed by atoms with Crippen molar-refractivity contribution in [2.75, 3.05) is 19.0 Å². The van der Waals surface area contributed by atoms with Gasteiger partial charge in [0.2, 0.25) is 0 Å². The van der Waals surface area contributed by atoms with Crippen LogP contribution in [-0.4, -0.2) is 24.1 Å². The number of rotatable bonds is 2. The summed E-state index contributed by atoms with van der Waals surface area (Å²) >= 11 is 0. The smallest absolute Gasteiger partial charge is 0.147 e. The van der Waals surface area contributed by atoms with Crippen LogP contribution in [0.3, 0.4) is 0 Å². The molecule has 1 aromatic heterocycles. The van der Waals surface area contributed by atoms with Gasteiger partial charge in [0.25, 0.3) is 0 Å². The molecule has 0 N–H and O–H groups in total. The summed E-state index contributed by atoms with van der Waals surface area (Å²) in [4.78, 5) is 10.2. The predicted molar refractivity (Wildman–Crippen MR) is 66.5 cm³/mol. The van der Waals surface area contributed by atoms with Crippen LogP contribution in [0.4, 0.5) is 10.2 Å². The van der Waals surface area contributed by atoms with E-state index in [1.807, 2.05) is 19.0 Å². The number of hydrogen-bond donors (Lipinski definition) is 0. The van der Waals surface area contributed by atoms with Gasteiger partial charge in [-0.25, -0.2) is 9.37 Å². The van der Waals surface area contributed by atoms with Gasteiger partial charge >= 0.3 is 0 Å². The molecule has 90 valence electrons. The van der Waals surface area contributed by atoms with Gasteiger partial charge in [-0.2, -0.15) is 5.26 Å². The fourth-order valence-corrected chi connectivity index (χ4v) is 1.48. The molecule has 1 aromatic carbocycles. The van der Waals surface area contributed by atoms with E-state index in [0.29, 0.717) is 17.1 Å². The molecule has 0 aliphatic rings. The molecule has 0 atom stereocenters. The zero-order valence-electron chi connectivity index (χ0n) is 10.1. The van der Waals surface area contributed by atoms with Crippen LogP contribution in [-0.2, 0) is 0 Å². The second-order valence-electron chi connectivity index (χ2n) is 3.96. The summed E-state index contributed by atoms with van der Waals surface area (Å²) < 4.78 is 13.5. The first-order chi connectivity index (χ1) is 8.61.